The molecule has 4 fully saturated rings. The van der Waals surface area contributed by atoms with Crippen LogP contribution in [0.25, 0.3) is 0 Å². The molecule has 0 aromatic rings. The van der Waals surface area contributed by atoms with E-state index in [9.17, 15) is 14.7 Å². The van der Waals surface area contributed by atoms with Crippen LogP contribution >= 0.6 is 0 Å². The largest absolute Gasteiger partial charge is 0.480 e. The van der Waals surface area contributed by atoms with Crippen LogP contribution in [0, 0.1) is 23.2 Å². The minimum Gasteiger partial charge on any atom is -0.480 e. The average molecular weight is 267 g/mol. The lowest BCUT2D eigenvalue weighted by Crippen LogP contribution is -2.56. The van der Waals surface area contributed by atoms with Crippen molar-refractivity contribution in [3.63, 3.8) is 0 Å². The Balaban J connectivity index is 1.70. The summed E-state index contributed by atoms with van der Waals surface area (Å²) in [5.74, 6) is 0.393. The number of hydrogen-bond acceptors (Lipinski definition) is 3. The molecule has 0 spiro atoms. The standard InChI is InChI=1S/C14H21NO4/c16-11(17)7-15-13(19)12(18)14-4-8-1-9(5-14)3-10(2-8)6-14/h8-10,12,18H,1-7H2,(H,15,19)(H,16,17). The molecular formula is C14H21NO4. The topological polar surface area (TPSA) is 86.6 Å². The summed E-state index contributed by atoms with van der Waals surface area (Å²) in [6.45, 7) is -0.414. The van der Waals surface area contributed by atoms with Crippen molar-refractivity contribution in [1.82, 2.24) is 5.32 Å². The molecule has 0 aromatic carbocycles. The number of carbonyl (C=O) groups excluding carboxylic acids is 1. The highest BCUT2D eigenvalue weighted by Crippen LogP contribution is 2.61. The highest BCUT2D eigenvalue weighted by atomic mass is 16.4. The van der Waals surface area contributed by atoms with E-state index in [1.54, 1.807) is 0 Å². The van der Waals surface area contributed by atoms with Gasteiger partial charge in [0.2, 0.25) is 5.91 Å². The number of aliphatic hydroxyl groups excluding tert-OH is 1. The van der Waals surface area contributed by atoms with Crippen molar-refractivity contribution < 1.29 is 19.8 Å². The van der Waals surface area contributed by atoms with Gasteiger partial charge in [-0.25, -0.2) is 0 Å². The van der Waals surface area contributed by atoms with E-state index in [4.69, 9.17) is 5.11 Å². The SMILES string of the molecule is O=C(O)CNC(=O)C(O)C12CC3CC(CC(C3)C1)C2. The molecule has 19 heavy (non-hydrogen) atoms. The van der Waals surface area contributed by atoms with Crippen LogP contribution < -0.4 is 5.32 Å². The summed E-state index contributed by atoms with van der Waals surface area (Å²) in [7, 11) is 0. The van der Waals surface area contributed by atoms with Crippen LogP contribution in [0.3, 0.4) is 0 Å². The van der Waals surface area contributed by atoms with Crippen molar-refractivity contribution in [2.75, 3.05) is 6.54 Å². The fraction of sp³-hybridized carbons (Fsp3) is 0.857. The van der Waals surface area contributed by atoms with Gasteiger partial charge in [-0.2, -0.15) is 0 Å². The summed E-state index contributed by atoms with van der Waals surface area (Å²) < 4.78 is 0. The third kappa shape index (κ3) is 2.24. The minimum absolute atomic E-state index is 0.280. The zero-order valence-electron chi connectivity index (χ0n) is 11.0. The molecule has 4 aliphatic rings. The van der Waals surface area contributed by atoms with Gasteiger partial charge in [-0.05, 0) is 56.3 Å². The van der Waals surface area contributed by atoms with Crippen molar-refractivity contribution in [3.05, 3.63) is 0 Å². The van der Waals surface area contributed by atoms with E-state index in [-0.39, 0.29) is 5.41 Å². The lowest BCUT2D eigenvalue weighted by Gasteiger charge is -2.57. The molecule has 1 amide bonds. The van der Waals surface area contributed by atoms with Gasteiger partial charge in [0.05, 0.1) is 0 Å². The Morgan fingerprint density at radius 1 is 1.11 bits per heavy atom. The van der Waals surface area contributed by atoms with E-state index < -0.39 is 24.5 Å². The zero-order chi connectivity index (χ0) is 13.6. The first kappa shape index (κ1) is 12.9. The quantitative estimate of drug-likeness (QED) is 0.702. The molecule has 4 rings (SSSR count). The second-order valence-electron chi connectivity index (χ2n) is 6.79. The molecule has 0 aromatic heterocycles. The number of nitrogens with one attached hydrogen (secondary N) is 1. The molecule has 0 aliphatic heterocycles. The Morgan fingerprint density at radius 3 is 2.00 bits per heavy atom. The van der Waals surface area contributed by atoms with E-state index in [1.807, 2.05) is 0 Å². The zero-order valence-corrected chi connectivity index (χ0v) is 11.0. The number of aliphatic carboxylic acids is 1. The Labute approximate surface area is 112 Å². The second kappa shape index (κ2) is 4.47. The molecule has 3 N–H and O–H groups in total. The predicted octanol–water partition coefficient (Wildman–Crippen LogP) is 0.764. The van der Waals surface area contributed by atoms with Gasteiger partial charge in [-0.3, -0.25) is 9.59 Å². The molecule has 1 unspecified atom stereocenters. The predicted molar refractivity (Wildman–Crippen MR) is 67.3 cm³/mol. The minimum atomic E-state index is -1.08. The van der Waals surface area contributed by atoms with E-state index in [0.717, 1.165) is 19.3 Å². The first-order valence-electron chi connectivity index (χ1n) is 7.16. The molecular weight excluding hydrogens is 246 g/mol. The van der Waals surface area contributed by atoms with Gasteiger partial charge in [0.15, 0.2) is 0 Å². The van der Waals surface area contributed by atoms with Gasteiger partial charge >= 0.3 is 5.97 Å². The lowest BCUT2D eigenvalue weighted by atomic mass is 9.48. The lowest BCUT2D eigenvalue weighted by molar-refractivity contribution is -0.156. The summed E-state index contributed by atoms with van der Waals surface area (Å²) in [6.07, 6.45) is 5.51. The summed E-state index contributed by atoms with van der Waals surface area (Å²) in [5, 5.41) is 21.3. The number of aliphatic hydroxyl groups is 1. The molecule has 0 saturated heterocycles. The Bertz CT molecular complexity index is 371. The van der Waals surface area contributed by atoms with Crippen molar-refractivity contribution in [3.8, 4) is 0 Å². The molecule has 0 heterocycles. The highest BCUT2D eigenvalue weighted by Gasteiger charge is 2.55. The van der Waals surface area contributed by atoms with Crippen LogP contribution in [0.1, 0.15) is 38.5 Å². The smallest absolute Gasteiger partial charge is 0.322 e. The Kier molecular flexibility index (Phi) is 3.04. The van der Waals surface area contributed by atoms with E-state index in [1.165, 1.54) is 19.3 Å². The third-order valence-corrected chi connectivity index (χ3v) is 5.33. The van der Waals surface area contributed by atoms with Gasteiger partial charge in [-0.15, -0.1) is 0 Å². The highest BCUT2D eigenvalue weighted by molar-refractivity contribution is 5.85. The number of carboxylic acids is 1. The van der Waals surface area contributed by atoms with Crippen LogP contribution in [0.15, 0.2) is 0 Å². The van der Waals surface area contributed by atoms with Gasteiger partial charge in [0.25, 0.3) is 0 Å². The first-order valence-corrected chi connectivity index (χ1v) is 7.16. The molecule has 4 bridgehead atoms. The maximum Gasteiger partial charge on any atom is 0.322 e. The van der Waals surface area contributed by atoms with Crippen molar-refractivity contribution in [2.45, 2.75) is 44.6 Å². The van der Waals surface area contributed by atoms with Crippen molar-refractivity contribution in [1.29, 1.82) is 0 Å². The van der Waals surface area contributed by atoms with Crippen LogP contribution in [0.4, 0.5) is 0 Å². The molecule has 4 saturated carbocycles. The monoisotopic (exact) mass is 267 g/mol. The van der Waals surface area contributed by atoms with Gasteiger partial charge in [-0.1, -0.05) is 0 Å². The number of hydrogen-bond donors (Lipinski definition) is 3. The maximum absolute atomic E-state index is 11.9. The summed E-state index contributed by atoms with van der Waals surface area (Å²) in [5.41, 5.74) is -0.280. The summed E-state index contributed by atoms with van der Waals surface area (Å²) in [4.78, 5) is 22.4. The third-order valence-electron chi connectivity index (χ3n) is 5.33. The van der Waals surface area contributed by atoms with E-state index in [0.29, 0.717) is 17.8 Å². The first-order chi connectivity index (χ1) is 8.98. The van der Waals surface area contributed by atoms with Crippen molar-refractivity contribution in [2.24, 2.45) is 23.2 Å². The second-order valence-corrected chi connectivity index (χ2v) is 6.79. The van der Waals surface area contributed by atoms with Crippen LogP contribution in [-0.2, 0) is 9.59 Å². The number of amides is 1. The van der Waals surface area contributed by atoms with Gasteiger partial charge < -0.3 is 15.5 Å². The normalized spacial score (nSPS) is 41.0. The Morgan fingerprint density at radius 2 is 1.58 bits per heavy atom. The number of carboxylic acid groups (broad SMARTS) is 1. The van der Waals surface area contributed by atoms with E-state index in [2.05, 4.69) is 5.32 Å². The average Bonchev–Trinajstić information content (AvgIpc) is 2.33. The van der Waals surface area contributed by atoms with Crippen molar-refractivity contribution >= 4 is 11.9 Å². The molecule has 4 aliphatic carbocycles. The van der Waals surface area contributed by atoms with Crippen LogP contribution in [0.5, 0.6) is 0 Å². The van der Waals surface area contributed by atoms with Gasteiger partial charge in [0, 0.05) is 5.41 Å². The molecule has 5 nitrogen and oxygen atoms in total. The summed E-state index contributed by atoms with van der Waals surface area (Å²) >= 11 is 0. The van der Waals surface area contributed by atoms with Crippen LogP contribution in [0.2, 0.25) is 0 Å². The van der Waals surface area contributed by atoms with Gasteiger partial charge in [0.1, 0.15) is 12.6 Å². The molecule has 1 atom stereocenters. The molecule has 106 valence electrons. The fourth-order valence-corrected chi connectivity index (χ4v) is 5.05. The summed E-state index contributed by atoms with van der Waals surface area (Å²) in [6, 6.07) is 0. The maximum atomic E-state index is 11.9. The Hall–Kier alpha value is -1.10. The van der Waals surface area contributed by atoms with Crippen LogP contribution in [-0.4, -0.2) is 34.7 Å². The number of carbonyl (C=O) groups is 2. The molecule has 5 heteroatoms. The number of rotatable bonds is 4. The fourth-order valence-electron chi connectivity index (χ4n) is 5.05. The van der Waals surface area contributed by atoms with E-state index >= 15 is 0 Å². The molecule has 0 radical (unpaired) electrons.